The molecular weight excluding hydrogens is 291 g/mol. The van der Waals surface area contributed by atoms with Crippen LogP contribution >= 0.6 is 7.92 Å². The van der Waals surface area contributed by atoms with Gasteiger partial charge in [-0.3, -0.25) is 0 Å². The van der Waals surface area contributed by atoms with Gasteiger partial charge in [0.05, 0.1) is 0 Å². The van der Waals surface area contributed by atoms with E-state index in [9.17, 15) is 0 Å². The van der Waals surface area contributed by atoms with Crippen molar-refractivity contribution in [1.29, 1.82) is 0 Å². The van der Waals surface area contributed by atoms with Crippen molar-refractivity contribution >= 4 is 29.0 Å². The molecule has 0 heterocycles. The number of hydrogen-bond donors (Lipinski definition) is 0. The third-order valence-electron chi connectivity index (χ3n) is 3.85. The molecule has 2 aromatic carbocycles. The molecule has 0 fully saturated rings. The van der Waals surface area contributed by atoms with Crippen molar-refractivity contribution in [3.8, 4) is 0 Å². The fourth-order valence-corrected chi connectivity index (χ4v) is 4.95. The summed E-state index contributed by atoms with van der Waals surface area (Å²) in [5.41, 5.74) is 0.0423. The Kier molecular flexibility index (Phi) is 6.17. The first-order valence-electron chi connectivity index (χ1n) is 7.55. The van der Waals surface area contributed by atoms with Gasteiger partial charge in [-0.2, -0.15) is 0 Å². The van der Waals surface area contributed by atoms with Crippen LogP contribution in [0.5, 0.6) is 0 Å². The van der Waals surface area contributed by atoms with E-state index in [1.165, 1.54) is 23.2 Å². The molecule has 0 atom stereocenters. The van der Waals surface area contributed by atoms with E-state index in [0.29, 0.717) is 0 Å². The van der Waals surface area contributed by atoms with Crippen molar-refractivity contribution in [2.24, 2.45) is 0 Å². The molecule has 21 heavy (non-hydrogen) atoms. The molecule has 0 spiro atoms. The molecule has 0 radical (unpaired) electrons. The average molecular weight is 316 g/mol. The van der Waals surface area contributed by atoms with Crippen molar-refractivity contribution < 1.29 is 4.43 Å². The fourth-order valence-electron chi connectivity index (χ4n) is 2.39. The molecule has 112 valence electrons. The van der Waals surface area contributed by atoms with E-state index in [2.05, 4.69) is 74.5 Å². The second-order valence-electron chi connectivity index (χ2n) is 5.89. The maximum atomic E-state index is 5.68. The predicted octanol–water partition coefficient (Wildman–Crippen LogP) is 2.98. The van der Waals surface area contributed by atoms with E-state index in [1.54, 1.807) is 0 Å². The molecule has 0 amide bonds. The minimum Gasteiger partial charge on any atom is -0.423 e. The summed E-state index contributed by atoms with van der Waals surface area (Å²) in [5.74, 6) is 0. The molecule has 0 saturated carbocycles. The molecule has 3 heteroatoms. The molecule has 0 aromatic heterocycles. The van der Waals surface area contributed by atoms with Crippen molar-refractivity contribution in [1.82, 2.24) is 0 Å². The van der Waals surface area contributed by atoms with Gasteiger partial charge < -0.3 is 4.43 Å². The molecule has 2 rings (SSSR count). The Morgan fingerprint density at radius 1 is 0.905 bits per heavy atom. The molecular formula is C18H25OPSi. The lowest BCUT2D eigenvalue weighted by molar-refractivity contribution is 0.112. The highest BCUT2D eigenvalue weighted by atomic mass is 31.1. The third-order valence-corrected chi connectivity index (χ3v) is 7.56. The molecule has 0 aliphatic rings. The van der Waals surface area contributed by atoms with Gasteiger partial charge in [-0.05, 0) is 51.4 Å². The number of hydrogen-bond acceptors (Lipinski definition) is 1. The maximum Gasteiger partial charge on any atom is 0.146 e. The van der Waals surface area contributed by atoms with Crippen LogP contribution in [0.2, 0.25) is 0 Å². The Hall–Kier alpha value is -0.953. The number of benzene rings is 2. The van der Waals surface area contributed by atoms with Gasteiger partial charge in [0, 0.05) is 5.60 Å². The Labute approximate surface area is 133 Å². The highest BCUT2D eigenvalue weighted by Crippen LogP contribution is 2.35. The maximum absolute atomic E-state index is 5.68. The smallest absolute Gasteiger partial charge is 0.146 e. The molecule has 0 saturated heterocycles. The van der Waals surface area contributed by atoms with Gasteiger partial charge >= 0.3 is 0 Å². The first-order chi connectivity index (χ1) is 10.1. The normalized spacial score (nSPS) is 12.0. The fraction of sp³-hybridized carbons (Fsp3) is 0.333. The summed E-state index contributed by atoms with van der Waals surface area (Å²) in [6.45, 7) is 4.40. The van der Waals surface area contributed by atoms with Crippen LogP contribution in [0.4, 0.5) is 0 Å². The zero-order valence-corrected chi connectivity index (χ0v) is 16.1. The summed E-state index contributed by atoms with van der Waals surface area (Å²) in [4.78, 5) is 0. The Morgan fingerprint density at radius 2 is 1.38 bits per heavy atom. The molecule has 0 bridgehead atoms. The Balaban J connectivity index is 2.11. The van der Waals surface area contributed by atoms with E-state index in [-0.39, 0.29) is 13.5 Å². The zero-order chi connectivity index (χ0) is 15.1. The summed E-state index contributed by atoms with van der Waals surface area (Å²) < 4.78 is 5.68. The summed E-state index contributed by atoms with van der Waals surface area (Å²) in [6.07, 6.45) is 3.58. The lowest BCUT2D eigenvalue weighted by Crippen LogP contribution is -2.24. The van der Waals surface area contributed by atoms with Crippen LogP contribution in [0.15, 0.2) is 60.7 Å². The third kappa shape index (κ3) is 5.07. The van der Waals surface area contributed by atoms with Crippen LogP contribution in [0.25, 0.3) is 0 Å². The Bertz CT molecular complexity index is 488. The lowest BCUT2D eigenvalue weighted by Gasteiger charge is -2.25. The largest absolute Gasteiger partial charge is 0.423 e. The SMILES string of the molecule is CC(C)(CCCP(c1ccccc1)c1ccccc1)O[SiH3]. The Morgan fingerprint density at radius 3 is 1.81 bits per heavy atom. The highest BCUT2D eigenvalue weighted by molar-refractivity contribution is 7.73. The quantitative estimate of drug-likeness (QED) is 0.564. The van der Waals surface area contributed by atoms with E-state index in [0.717, 1.165) is 16.9 Å². The van der Waals surface area contributed by atoms with Crippen LogP contribution in [0.1, 0.15) is 26.7 Å². The van der Waals surface area contributed by atoms with Gasteiger partial charge in [-0.1, -0.05) is 60.7 Å². The summed E-state index contributed by atoms with van der Waals surface area (Å²) in [5, 5.41) is 2.95. The van der Waals surface area contributed by atoms with Gasteiger partial charge in [-0.15, -0.1) is 0 Å². The van der Waals surface area contributed by atoms with Gasteiger partial charge in [0.25, 0.3) is 0 Å². The summed E-state index contributed by atoms with van der Waals surface area (Å²) >= 11 is 0. The van der Waals surface area contributed by atoms with Gasteiger partial charge in [-0.25, -0.2) is 0 Å². The van der Waals surface area contributed by atoms with Crippen LogP contribution in [-0.2, 0) is 4.43 Å². The molecule has 0 aliphatic heterocycles. The molecule has 0 N–H and O–H groups in total. The average Bonchev–Trinajstić information content (AvgIpc) is 2.53. The van der Waals surface area contributed by atoms with Crippen LogP contribution in [0, 0.1) is 0 Å². The van der Waals surface area contributed by atoms with Gasteiger partial charge in [0.2, 0.25) is 0 Å². The van der Waals surface area contributed by atoms with Crippen LogP contribution in [-0.4, -0.2) is 22.2 Å². The second-order valence-corrected chi connectivity index (χ2v) is 8.63. The van der Waals surface area contributed by atoms with Gasteiger partial charge in [0.15, 0.2) is 0 Å². The van der Waals surface area contributed by atoms with E-state index >= 15 is 0 Å². The van der Waals surface area contributed by atoms with E-state index < -0.39 is 0 Å². The van der Waals surface area contributed by atoms with Crippen molar-refractivity contribution in [2.75, 3.05) is 6.16 Å². The molecule has 0 unspecified atom stereocenters. The minimum atomic E-state index is -0.253. The number of rotatable bonds is 7. The van der Waals surface area contributed by atoms with E-state index in [4.69, 9.17) is 4.43 Å². The monoisotopic (exact) mass is 316 g/mol. The first-order valence-corrected chi connectivity index (χ1v) is 9.89. The first kappa shape index (κ1) is 16.4. The zero-order valence-electron chi connectivity index (χ0n) is 13.3. The van der Waals surface area contributed by atoms with Gasteiger partial charge in [0.1, 0.15) is 10.5 Å². The minimum absolute atomic E-state index is 0.0423. The summed E-state index contributed by atoms with van der Waals surface area (Å²) in [6, 6.07) is 21.9. The van der Waals surface area contributed by atoms with E-state index in [1.807, 2.05) is 0 Å². The van der Waals surface area contributed by atoms with Crippen molar-refractivity contribution in [3.63, 3.8) is 0 Å². The lowest BCUT2D eigenvalue weighted by atomic mass is 10.0. The van der Waals surface area contributed by atoms with Crippen molar-refractivity contribution in [3.05, 3.63) is 60.7 Å². The molecule has 0 aliphatic carbocycles. The standard InChI is InChI=1S/C18H25OPSi/c1-18(2,19-21)14-9-15-20(16-10-5-3-6-11-16)17-12-7-4-8-13-17/h3-8,10-13H,9,14-15H2,1-2,21H3. The highest BCUT2D eigenvalue weighted by Gasteiger charge is 2.18. The predicted molar refractivity (Wildman–Crippen MR) is 98.3 cm³/mol. The molecule has 1 nitrogen and oxygen atoms in total. The van der Waals surface area contributed by atoms with Crippen molar-refractivity contribution in [2.45, 2.75) is 32.3 Å². The topological polar surface area (TPSA) is 9.23 Å². The molecule has 2 aromatic rings. The van der Waals surface area contributed by atoms with Crippen LogP contribution < -0.4 is 10.6 Å². The van der Waals surface area contributed by atoms with Crippen LogP contribution in [0.3, 0.4) is 0 Å². The second kappa shape index (κ2) is 7.89. The summed E-state index contributed by atoms with van der Waals surface area (Å²) in [7, 11) is 0.564.